The van der Waals surface area contributed by atoms with Gasteiger partial charge in [-0.3, -0.25) is 0 Å². The van der Waals surface area contributed by atoms with Gasteiger partial charge < -0.3 is 10.8 Å². The lowest BCUT2D eigenvalue weighted by Crippen LogP contribution is -2.27. The zero-order valence-corrected chi connectivity index (χ0v) is 11.5. The number of aliphatic hydroxyl groups is 1. The Morgan fingerprint density at radius 3 is 2.47 bits per heavy atom. The first kappa shape index (κ1) is 14.5. The Hall–Kier alpha value is -0.570. The second-order valence-corrected chi connectivity index (χ2v) is 5.44. The topological polar surface area (TPSA) is 46.2 Å². The molecule has 0 heterocycles. The molecule has 17 heavy (non-hydrogen) atoms. The highest BCUT2D eigenvalue weighted by molar-refractivity contribution is 6.31. The van der Waals surface area contributed by atoms with Crippen molar-refractivity contribution >= 4 is 11.6 Å². The van der Waals surface area contributed by atoms with Gasteiger partial charge in [0.2, 0.25) is 0 Å². The van der Waals surface area contributed by atoms with Gasteiger partial charge in [0, 0.05) is 5.02 Å². The Labute approximate surface area is 109 Å². The molecule has 0 bridgehead atoms. The Morgan fingerprint density at radius 1 is 1.29 bits per heavy atom. The third kappa shape index (κ3) is 3.98. The average molecular weight is 256 g/mol. The van der Waals surface area contributed by atoms with Crippen LogP contribution in [0, 0.1) is 12.8 Å². The predicted octanol–water partition coefficient (Wildman–Crippen LogP) is 3.45. The monoisotopic (exact) mass is 255 g/mol. The van der Waals surface area contributed by atoms with Crippen LogP contribution < -0.4 is 5.73 Å². The van der Waals surface area contributed by atoms with Crippen LogP contribution in [0.2, 0.25) is 5.02 Å². The van der Waals surface area contributed by atoms with Gasteiger partial charge in [-0.2, -0.15) is 0 Å². The molecule has 0 saturated carbocycles. The number of hydrogen-bond acceptors (Lipinski definition) is 2. The quantitative estimate of drug-likeness (QED) is 0.847. The van der Waals surface area contributed by atoms with Gasteiger partial charge in [0.15, 0.2) is 0 Å². The van der Waals surface area contributed by atoms with E-state index in [9.17, 15) is 5.11 Å². The summed E-state index contributed by atoms with van der Waals surface area (Å²) in [5, 5.41) is 10.7. The van der Waals surface area contributed by atoms with Crippen LogP contribution in [0.1, 0.15) is 43.9 Å². The van der Waals surface area contributed by atoms with E-state index in [4.69, 9.17) is 17.3 Å². The molecule has 1 rings (SSSR count). The van der Waals surface area contributed by atoms with Crippen LogP contribution in [0.15, 0.2) is 18.2 Å². The number of aliphatic hydroxyl groups excluding tert-OH is 1. The van der Waals surface area contributed by atoms with Crippen LogP contribution in [0.5, 0.6) is 0 Å². The van der Waals surface area contributed by atoms with Crippen molar-refractivity contribution in [2.24, 2.45) is 11.7 Å². The van der Waals surface area contributed by atoms with Crippen molar-refractivity contribution in [3.63, 3.8) is 0 Å². The van der Waals surface area contributed by atoms with Crippen molar-refractivity contribution < 1.29 is 5.11 Å². The highest BCUT2D eigenvalue weighted by Crippen LogP contribution is 2.28. The molecule has 0 aliphatic carbocycles. The van der Waals surface area contributed by atoms with Crippen molar-refractivity contribution in [2.45, 2.75) is 45.8 Å². The number of rotatable bonds is 5. The predicted molar refractivity (Wildman–Crippen MR) is 73.2 cm³/mol. The van der Waals surface area contributed by atoms with E-state index in [2.05, 4.69) is 13.8 Å². The number of benzene rings is 1. The van der Waals surface area contributed by atoms with Gasteiger partial charge in [-0.25, -0.2) is 0 Å². The molecule has 0 radical (unpaired) electrons. The van der Waals surface area contributed by atoms with Crippen molar-refractivity contribution in [1.82, 2.24) is 0 Å². The van der Waals surface area contributed by atoms with Crippen molar-refractivity contribution in [3.8, 4) is 0 Å². The highest BCUT2D eigenvalue weighted by atomic mass is 35.5. The average Bonchev–Trinajstić information content (AvgIpc) is 2.25. The summed E-state index contributed by atoms with van der Waals surface area (Å²) >= 11 is 6.14. The number of hydrogen-bond donors (Lipinski definition) is 2. The van der Waals surface area contributed by atoms with E-state index in [1.54, 1.807) is 0 Å². The number of nitrogens with two attached hydrogens (primary N) is 1. The number of halogens is 1. The highest BCUT2D eigenvalue weighted by Gasteiger charge is 2.20. The fourth-order valence-corrected chi connectivity index (χ4v) is 2.29. The molecule has 0 aromatic heterocycles. The summed E-state index contributed by atoms with van der Waals surface area (Å²) in [6, 6.07) is 5.28. The maximum Gasteiger partial charge on any atom is 0.0733 e. The van der Waals surface area contributed by atoms with E-state index in [0.29, 0.717) is 17.4 Å². The fourth-order valence-electron chi connectivity index (χ4n) is 1.94. The summed E-state index contributed by atoms with van der Waals surface area (Å²) in [7, 11) is 0. The van der Waals surface area contributed by atoms with Crippen LogP contribution >= 0.6 is 11.6 Å². The first-order valence-corrected chi connectivity index (χ1v) is 6.50. The van der Waals surface area contributed by atoms with E-state index >= 15 is 0 Å². The van der Waals surface area contributed by atoms with Gasteiger partial charge in [-0.15, -0.1) is 0 Å². The van der Waals surface area contributed by atoms with Crippen LogP contribution in [0.4, 0.5) is 0 Å². The minimum Gasteiger partial charge on any atom is -0.391 e. The zero-order chi connectivity index (χ0) is 13.0. The smallest absolute Gasteiger partial charge is 0.0733 e. The molecule has 0 saturated heterocycles. The van der Waals surface area contributed by atoms with Crippen LogP contribution in [-0.2, 0) is 0 Å². The summed E-state index contributed by atoms with van der Waals surface area (Å²) in [5.74, 6) is 0.573. The Balaban J connectivity index is 2.78. The molecular formula is C14H22ClNO. The van der Waals surface area contributed by atoms with Crippen molar-refractivity contribution in [1.29, 1.82) is 0 Å². The molecule has 0 fully saturated rings. The van der Waals surface area contributed by atoms with Gasteiger partial charge in [-0.1, -0.05) is 37.6 Å². The van der Waals surface area contributed by atoms with E-state index < -0.39 is 12.1 Å². The third-order valence-corrected chi connectivity index (χ3v) is 3.39. The first-order chi connectivity index (χ1) is 7.93. The second-order valence-electron chi connectivity index (χ2n) is 5.03. The largest absolute Gasteiger partial charge is 0.391 e. The minimum atomic E-state index is -0.531. The van der Waals surface area contributed by atoms with Crippen LogP contribution in [-0.4, -0.2) is 11.2 Å². The molecule has 0 amide bonds. The molecule has 0 aliphatic rings. The minimum absolute atomic E-state index is 0.401. The van der Waals surface area contributed by atoms with E-state index in [-0.39, 0.29) is 0 Å². The maximum absolute atomic E-state index is 10.1. The SMILES string of the molecule is Cc1cccc(Cl)c1[C@H](N)[C@H](O)CCC(C)C. The van der Waals surface area contributed by atoms with Gasteiger partial charge in [0.1, 0.15) is 0 Å². The molecule has 3 heteroatoms. The Kier molecular flexibility index (Phi) is 5.44. The van der Waals surface area contributed by atoms with Gasteiger partial charge in [0.25, 0.3) is 0 Å². The van der Waals surface area contributed by atoms with Gasteiger partial charge >= 0.3 is 0 Å². The summed E-state index contributed by atoms with van der Waals surface area (Å²) in [6.45, 7) is 6.24. The molecule has 0 unspecified atom stereocenters. The molecule has 3 N–H and O–H groups in total. The molecule has 96 valence electrons. The van der Waals surface area contributed by atoms with Gasteiger partial charge in [-0.05, 0) is 42.9 Å². The molecule has 0 spiro atoms. The maximum atomic E-state index is 10.1. The summed E-state index contributed by atoms with van der Waals surface area (Å²) in [6.07, 6.45) is 1.15. The van der Waals surface area contributed by atoms with Crippen molar-refractivity contribution in [2.75, 3.05) is 0 Å². The number of aryl methyl sites for hydroxylation is 1. The zero-order valence-electron chi connectivity index (χ0n) is 10.8. The second kappa shape index (κ2) is 6.39. The fraction of sp³-hybridized carbons (Fsp3) is 0.571. The van der Waals surface area contributed by atoms with Crippen LogP contribution in [0.3, 0.4) is 0 Å². The molecule has 2 nitrogen and oxygen atoms in total. The molecular weight excluding hydrogens is 234 g/mol. The summed E-state index contributed by atoms with van der Waals surface area (Å²) < 4.78 is 0. The lowest BCUT2D eigenvalue weighted by Gasteiger charge is -2.22. The molecule has 2 atom stereocenters. The lowest BCUT2D eigenvalue weighted by molar-refractivity contribution is 0.128. The molecule has 0 aliphatic heterocycles. The van der Waals surface area contributed by atoms with Crippen molar-refractivity contribution in [3.05, 3.63) is 34.3 Å². The van der Waals surface area contributed by atoms with E-state index in [0.717, 1.165) is 17.5 Å². The van der Waals surface area contributed by atoms with E-state index in [1.807, 2.05) is 25.1 Å². The summed E-state index contributed by atoms with van der Waals surface area (Å²) in [4.78, 5) is 0. The lowest BCUT2D eigenvalue weighted by atomic mass is 9.93. The van der Waals surface area contributed by atoms with E-state index in [1.165, 1.54) is 0 Å². The van der Waals surface area contributed by atoms with Gasteiger partial charge in [0.05, 0.1) is 12.1 Å². The molecule has 1 aromatic carbocycles. The Morgan fingerprint density at radius 2 is 1.94 bits per heavy atom. The normalized spacial score (nSPS) is 15.0. The van der Waals surface area contributed by atoms with Crippen LogP contribution in [0.25, 0.3) is 0 Å². The molecule has 1 aromatic rings. The standard InChI is InChI=1S/C14H22ClNO/c1-9(2)7-8-12(17)14(16)13-10(3)5-4-6-11(13)15/h4-6,9,12,14,17H,7-8,16H2,1-3H3/t12-,14-/m1/s1. The summed E-state index contributed by atoms with van der Waals surface area (Å²) in [5.41, 5.74) is 7.99. The third-order valence-electron chi connectivity index (χ3n) is 3.06. The Bertz CT molecular complexity index is 345. The first-order valence-electron chi connectivity index (χ1n) is 6.12.